The minimum Gasteiger partial charge on any atom is -0.0645 e. The van der Waals surface area contributed by atoms with Gasteiger partial charge in [-0.3, -0.25) is 0 Å². The van der Waals surface area contributed by atoms with Crippen molar-refractivity contribution in [2.45, 2.75) is 26.4 Å². The molecule has 4 aromatic rings. The minimum absolute atomic E-state index is 0.111. The average Bonchev–Trinajstić information content (AvgIpc) is 3.50. The highest BCUT2D eigenvalue weighted by atomic mass is 32.3. The SMILES string of the molecule is CC(C)(C)C1=CC2C(=C1)[P+](c1ccccc1)(c1ccccc1)P=P2(c1ccccc1)c1ccccc1. The maximum absolute atomic E-state index is 2.67. The van der Waals surface area contributed by atoms with Gasteiger partial charge in [0.05, 0.1) is 5.66 Å². The van der Waals surface area contributed by atoms with E-state index in [4.69, 9.17) is 0 Å². The van der Waals surface area contributed by atoms with E-state index in [9.17, 15) is 0 Å². The second kappa shape index (κ2) is 9.12. The van der Waals surface area contributed by atoms with Crippen molar-refractivity contribution in [1.82, 2.24) is 0 Å². The molecule has 36 heavy (non-hydrogen) atoms. The highest BCUT2D eigenvalue weighted by Gasteiger charge is 2.62. The molecule has 6 rings (SSSR count). The van der Waals surface area contributed by atoms with Crippen LogP contribution in [0.2, 0.25) is 0 Å². The molecule has 178 valence electrons. The molecule has 0 N–H and O–H groups in total. The van der Waals surface area contributed by atoms with Crippen molar-refractivity contribution in [1.29, 1.82) is 0 Å². The van der Waals surface area contributed by atoms with Gasteiger partial charge in [-0.2, -0.15) is 0 Å². The van der Waals surface area contributed by atoms with Gasteiger partial charge < -0.3 is 0 Å². The van der Waals surface area contributed by atoms with Gasteiger partial charge in [0.1, 0.15) is 23.5 Å². The van der Waals surface area contributed by atoms with Crippen LogP contribution >= 0.6 is 21.1 Å². The predicted molar refractivity (Wildman–Crippen MR) is 164 cm³/mol. The van der Waals surface area contributed by atoms with Gasteiger partial charge in [-0.25, -0.2) is 0 Å². The second-order valence-corrected chi connectivity index (χ2v) is 22.4. The summed E-state index contributed by atoms with van der Waals surface area (Å²) < 4.78 is 0. The first kappa shape index (κ1) is 23.9. The molecule has 0 fully saturated rings. The maximum Gasteiger partial charge on any atom is 0.157 e. The standard InChI is InChI=1S/C33H32P3/c1-33(2,3)26-24-31-32(25-26)36(29-20-12-6-13-21-29,30-22-14-7-15-23-30)34-35(31,27-16-8-4-9-17-27)28-18-10-5-11-19-28/h4-25,31H,1-3H3/q+1. The smallest absolute Gasteiger partial charge is 0.0645 e. The Morgan fingerprint density at radius 1 is 0.611 bits per heavy atom. The Bertz CT molecular complexity index is 1410. The van der Waals surface area contributed by atoms with Crippen molar-refractivity contribution in [3.63, 3.8) is 0 Å². The monoisotopic (exact) mass is 521 g/mol. The van der Waals surface area contributed by atoms with Crippen LogP contribution in [0.1, 0.15) is 20.8 Å². The summed E-state index contributed by atoms with van der Waals surface area (Å²) in [6.45, 7) is 3.38. The Balaban J connectivity index is 1.81. The lowest BCUT2D eigenvalue weighted by Gasteiger charge is -2.26. The highest BCUT2D eigenvalue weighted by molar-refractivity contribution is 8.55. The number of rotatable bonds is 4. The Labute approximate surface area is 218 Å². The van der Waals surface area contributed by atoms with Crippen molar-refractivity contribution in [2.24, 2.45) is 5.41 Å². The van der Waals surface area contributed by atoms with E-state index in [-0.39, 0.29) is 5.41 Å². The quantitative estimate of drug-likeness (QED) is 0.237. The Morgan fingerprint density at radius 3 is 1.44 bits per heavy atom. The summed E-state index contributed by atoms with van der Waals surface area (Å²) in [6, 6.07) is 45.8. The molecule has 0 amide bonds. The van der Waals surface area contributed by atoms with Crippen molar-refractivity contribution in [3.05, 3.63) is 144 Å². The van der Waals surface area contributed by atoms with Gasteiger partial charge in [-0.05, 0) is 51.9 Å². The van der Waals surface area contributed by atoms with E-state index in [1.54, 1.807) is 12.9 Å². The third-order valence-electron chi connectivity index (χ3n) is 7.42. The van der Waals surface area contributed by atoms with Crippen LogP contribution in [0.5, 0.6) is 0 Å². The fourth-order valence-corrected chi connectivity index (χ4v) is 29.5. The summed E-state index contributed by atoms with van der Waals surface area (Å²) in [5, 5.41) is 7.73. The van der Waals surface area contributed by atoms with Crippen molar-refractivity contribution in [2.75, 3.05) is 0 Å². The molecule has 0 spiro atoms. The first-order chi connectivity index (χ1) is 17.5. The molecule has 4 aromatic carbocycles. The highest BCUT2D eigenvalue weighted by Crippen LogP contribution is 2.92. The lowest BCUT2D eigenvalue weighted by molar-refractivity contribution is 0.518. The van der Waals surface area contributed by atoms with Gasteiger partial charge in [0, 0.05) is 6.55 Å². The number of allylic oxidation sites excluding steroid dienone is 4. The van der Waals surface area contributed by atoms with E-state index < -0.39 is 13.5 Å². The molecule has 0 saturated carbocycles. The Morgan fingerprint density at radius 2 is 1.03 bits per heavy atom. The molecule has 1 atom stereocenters. The zero-order valence-corrected chi connectivity index (χ0v) is 23.8. The minimum atomic E-state index is -1.88. The summed E-state index contributed by atoms with van der Waals surface area (Å²) in [4.78, 5) is 0. The zero-order chi connectivity index (χ0) is 24.8. The molecule has 2 aliphatic rings. The molecule has 1 unspecified atom stereocenters. The Hall–Kier alpha value is -2.48. The first-order valence-electron chi connectivity index (χ1n) is 12.7. The summed E-state index contributed by atoms with van der Waals surface area (Å²) in [6.07, 6.45) is 5.29. The molecule has 0 aromatic heterocycles. The molecule has 1 heterocycles. The van der Waals surface area contributed by atoms with Gasteiger partial charge in [0.2, 0.25) is 0 Å². The first-order valence-corrected chi connectivity index (χ1v) is 18.6. The molecule has 0 bridgehead atoms. The maximum atomic E-state index is 2.67. The van der Waals surface area contributed by atoms with Crippen LogP contribution in [0, 0.1) is 5.41 Å². The lowest BCUT2D eigenvalue weighted by atomic mass is 9.87. The van der Waals surface area contributed by atoms with Crippen LogP contribution in [0.4, 0.5) is 0 Å². The van der Waals surface area contributed by atoms with Crippen LogP contribution in [0.3, 0.4) is 0 Å². The van der Waals surface area contributed by atoms with Crippen LogP contribution in [0.25, 0.3) is 0 Å². The van der Waals surface area contributed by atoms with Gasteiger partial charge in [0.15, 0.2) is 6.95 Å². The van der Waals surface area contributed by atoms with Gasteiger partial charge in [-0.1, -0.05) is 124 Å². The summed E-state index contributed by atoms with van der Waals surface area (Å²) in [7, 11) is 1.59. The van der Waals surface area contributed by atoms with E-state index in [0.29, 0.717) is 5.66 Å². The van der Waals surface area contributed by atoms with Gasteiger partial charge in [0.25, 0.3) is 0 Å². The lowest BCUT2D eigenvalue weighted by Crippen LogP contribution is -2.24. The summed E-state index contributed by atoms with van der Waals surface area (Å²) in [5.41, 5.74) is 2.03. The number of hydrogen-bond acceptors (Lipinski definition) is 0. The predicted octanol–water partition coefficient (Wildman–Crippen LogP) is 8.35. The van der Waals surface area contributed by atoms with E-state index >= 15 is 0 Å². The van der Waals surface area contributed by atoms with Crippen molar-refractivity contribution < 1.29 is 0 Å². The molecule has 1 aliphatic heterocycles. The summed E-state index contributed by atoms with van der Waals surface area (Å²) >= 11 is 0. The molecule has 0 radical (unpaired) electrons. The van der Waals surface area contributed by atoms with Crippen LogP contribution in [-0.2, 0) is 0 Å². The van der Waals surface area contributed by atoms with Crippen molar-refractivity contribution in [3.8, 4) is 0 Å². The number of benzene rings is 4. The third-order valence-corrected chi connectivity index (χ3v) is 25.6. The molecule has 1 aliphatic carbocycles. The molecular weight excluding hydrogens is 489 g/mol. The molecule has 0 saturated heterocycles. The van der Waals surface area contributed by atoms with Crippen molar-refractivity contribution >= 4 is 42.3 Å². The summed E-state index contributed by atoms with van der Waals surface area (Å²) in [5.74, 6) is 0. The number of hydrogen-bond donors (Lipinski definition) is 0. The van der Waals surface area contributed by atoms with Crippen LogP contribution < -0.4 is 21.2 Å². The van der Waals surface area contributed by atoms with Gasteiger partial charge >= 0.3 is 0 Å². The molecule has 3 heteroatoms. The normalized spacial score (nSPS) is 20.1. The average molecular weight is 522 g/mol. The number of fused-ring (bicyclic) bond motifs is 1. The Kier molecular flexibility index (Phi) is 6.05. The van der Waals surface area contributed by atoms with E-state index in [1.165, 1.54) is 26.8 Å². The van der Waals surface area contributed by atoms with E-state index in [1.807, 2.05) is 0 Å². The topological polar surface area (TPSA) is 0 Å². The fourth-order valence-electron chi connectivity index (χ4n) is 5.64. The van der Waals surface area contributed by atoms with E-state index in [2.05, 4.69) is 154 Å². The van der Waals surface area contributed by atoms with Crippen LogP contribution in [-0.4, -0.2) is 5.66 Å². The fraction of sp³-hybridized carbons (Fsp3) is 0.152. The third kappa shape index (κ3) is 3.66. The zero-order valence-electron chi connectivity index (χ0n) is 21.1. The largest absolute Gasteiger partial charge is 0.157 e. The van der Waals surface area contributed by atoms with E-state index in [0.717, 1.165) is 0 Å². The van der Waals surface area contributed by atoms with Crippen LogP contribution in [0.15, 0.2) is 144 Å². The molecule has 0 nitrogen and oxygen atoms in total. The van der Waals surface area contributed by atoms with Gasteiger partial charge in [-0.15, -0.1) is 0 Å². The second-order valence-electron chi connectivity index (χ2n) is 10.6. The molecular formula is C33H32P3+.